The Balaban J connectivity index is 1.29. The maximum absolute atomic E-state index is 5.96. The number of rotatable bonds is 7. The summed E-state index contributed by atoms with van der Waals surface area (Å²) in [7, 11) is 2.05. The minimum Gasteiger partial charge on any atom is -0.477 e. The fraction of sp³-hybridized carbons (Fsp3) is 0.545. The summed E-state index contributed by atoms with van der Waals surface area (Å²) < 4.78 is 11.4. The molecular weight excluding hydrogens is 366 g/mol. The van der Waals surface area contributed by atoms with Crippen molar-refractivity contribution in [1.82, 2.24) is 15.3 Å². The van der Waals surface area contributed by atoms with Crippen LogP contribution in [0.4, 0.5) is 17.3 Å². The zero-order valence-electron chi connectivity index (χ0n) is 17.1. The molecule has 1 saturated heterocycles. The predicted octanol–water partition coefficient (Wildman–Crippen LogP) is 3.21. The van der Waals surface area contributed by atoms with Crippen LogP contribution in [0.5, 0.6) is 5.88 Å². The Morgan fingerprint density at radius 3 is 2.55 bits per heavy atom. The van der Waals surface area contributed by atoms with E-state index < -0.39 is 0 Å². The molecular formula is C22H31N5O2. The Morgan fingerprint density at radius 2 is 1.83 bits per heavy atom. The van der Waals surface area contributed by atoms with E-state index in [-0.39, 0.29) is 0 Å². The van der Waals surface area contributed by atoms with Gasteiger partial charge in [-0.25, -0.2) is 4.98 Å². The average Bonchev–Trinajstić information content (AvgIpc) is 2.79. The summed E-state index contributed by atoms with van der Waals surface area (Å²) in [6.45, 7) is 4.17. The molecule has 2 fully saturated rings. The lowest BCUT2D eigenvalue weighted by atomic mass is 9.87. The van der Waals surface area contributed by atoms with Crippen molar-refractivity contribution in [3.63, 3.8) is 0 Å². The molecule has 1 saturated carbocycles. The second kappa shape index (κ2) is 9.89. The molecule has 7 nitrogen and oxygen atoms in total. The largest absolute Gasteiger partial charge is 0.477 e. The van der Waals surface area contributed by atoms with Crippen LogP contribution < -0.4 is 20.3 Å². The zero-order valence-corrected chi connectivity index (χ0v) is 17.1. The number of nitrogens with zero attached hydrogens (tertiary/aromatic N) is 3. The number of benzene rings is 1. The number of hydrogen-bond donors (Lipinski definition) is 2. The monoisotopic (exact) mass is 397 g/mol. The lowest BCUT2D eigenvalue weighted by Gasteiger charge is -2.28. The van der Waals surface area contributed by atoms with Gasteiger partial charge in [0.15, 0.2) is 0 Å². The topological polar surface area (TPSA) is 71.5 Å². The van der Waals surface area contributed by atoms with E-state index in [0.29, 0.717) is 23.8 Å². The lowest BCUT2D eigenvalue weighted by molar-refractivity contribution is 0.122. The van der Waals surface area contributed by atoms with Crippen molar-refractivity contribution in [2.75, 3.05) is 50.2 Å². The number of ether oxygens (including phenoxy) is 2. The van der Waals surface area contributed by atoms with Gasteiger partial charge >= 0.3 is 0 Å². The van der Waals surface area contributed by atoms with Crippen molar-refractivity contribution in [3.05, 3.63) is 36.5 Å². The Kier molecular flexibility index (Phi) is 6.79. The van der Waals surface area contributed by atoms with Crippen LogP contribution in [0.1, 0.15) is 25.7 Å². The fourth-order valence-electron chi connectivity index (χ4n) is 4.01. The van der Waals surface area contributed by atoms with Crippen LogP contribution in [0.3, 0.4) is 0 Å². The Labute approximate surface area is 172 Å². The van der Waals surface area contributed by atoms with Crippen molar-refractivity contribution < 1.29 is 9.47 Å². The van der Waals surface area contributed by atoms with Crippen molar-refractivity contribution in [3.8, 4) is 5.88 Å². The summed E-state index contributed by atoms with van der Waals surface area (Å²) in [6.07, 6.45) is 6.60. The normalized spacial score (nSPS) is 22.3. The van der Waals surface area contributed by atoms with E-state index >= 15 is 0 Å². The highest BCUT2D eigenvalue weighted by atomic mass is 16.5. The third kappa shape index (κ3) is 5.58. The maximum atomic E-state index is 5.96. The average molecular weight is 398 g/mol. The van der Waals surface area contributed by atoms with Crippen molar-refractivity contribution >= 4 is 17.3 Å². The first-order chi connectivity index (χ1) is 14.3. The number of anilines is 3. The van der Waals surface area contributed by atoms with Crippen molar-refractivity contribution in [2.45, 2.75) is 31.7 Å². The predicted molar refractivity (Wildman–Crippen MR) is 115 cm³/mol. The highest BCUT2D eigenvalue weighted by Crippen LogP contribution is 2.25. The first-order valence-corrected chi connectivity index (χ1v) is 10.6. The molecule has 0 radical (unpaired) electrons. The van der Waals surface area contributed by atoms with E-state index in [1.807, 2.05) is 13.1 Å². The van der Waals surface area contributed by atoms with E-state index in [1.54, 1.807) is 6.20 Å². The van der Waals surface area contributed by atoms with E-state index in [9.17, 15) is 0 Å². The molecule has 1 aliphatic heterocycles. The molecule has 0 atom stereocenters. The first kappa shape index (κ1) is 19.9. The molecule has 29 heavy (non-hydrogen) atoms. The van der Waals surface area contributed by atoms with Gasteiger partial charge in [-0.3, -0.25) is 0 Å². The smallest absolute Gasteiger partial charge is 0.230 e. The molecule has 2 N–H and O–H groups in total. The van der Waals surface area contributed by atoms with Crippen LogP contribution >= 0.6 is 0 Å². The van der Waals surface area contributed by atoms with Gasteiger partial charge in [0.2, 0.25) is 11.8 Å². The van der Waals surface area contributed by atoms with Gasteiger partial charge in [-0.1, -0.05) is 0 Å². The van der Waals surface area contributed by atoms with Gasteiger partial charge in [0.25, 0.3) is 0 Å². The minimum atomic E-state index is 0.556. The Morgan fingerprint density at radius 1 is 1.07 bits per heavy atom. The summed E-state index contributed by atoms with van der Waals surface area (Å²) in [5, 5.41) is 6.65. The minimum absolute atomic E-state index is 0.556. The Bertz CT molecular complexity index is 756. The van der Waals surface area contributed by atoms with E-state index in [4.69, 9.17) is 9.47 Å². The van der Waals surface area contributed by atoms with Gasteiger partial charge < -0.3 is 25.0 Å². The molecule has 1 aliphatic carbocycles. The molecule has 156 valence electrons. The Hall–Kier alpha value is -2.38. The van der Waals surface area contributed by atoms with Gasteiger partial charge in [-0.15, -0.1) is 0 Å². The molecule has 0 unspecified atom stereocenters. The highest BCUT2D eigenvalue weighted by Gasteiger charge is 2.20. The third-order valence-corrected chi connectivity index (χ3v) is 5.85. The summed E-state index contributed by atoms with van der Waals surface area (Å²) in [5.74, 6) is 1.79. The molecule has 0 bridgehead atoms. The number of hydrogen-bond acceptors (Lipinski definition) is 7. The maximum Gasteiger partial charge on any atom is 0.230 e. The molecule has 2 heterocycles. The van der Waals surface area contributed by atoms with Crippen LogP contribution in [0, 0.1) is 5.92 Å². The molecule has 7 heteroatoms. The van der Waals surface area contributed by atoms with Crippen LogP contribution in [0.2, 0.25) is 0 Å². The standard InChI is InChI=1S/C22H31N5O2/c1-23-18-4-2-17(3-5-18)16-29-21-10-11-24-22(26-21)25-19-6-8-20(9-7-19)27-12-14-28-15-13-27/h6-11,17-18,23H,2-5,12-16H2,1H3,(H,24,25,26)/t17-,18-. The number of aromatic nitrogens is 2. The molecule has 1 aromatic heterocycles. The fourth-order valence-corrected chi connectivity index (χ4v) is 4.01. The van der Waals surface area contributed by atoms with Gasteiger partial charge in [0.1, 0.15) is 0 Å². The third-order valence-electron chi connectivity index (χ3n) is 5.85. The first-order valence-electron chi connectivity index (χ1n) is 10.6. The van der Waals surface area contributed by atoms with Crippen LogP contribution in [0.15, 0.2) is 36.5 Å². The van der Waals surface area contributed by atoms with Crippen molar-refractivity contribution in [1.29, 1.82) is 0 Å². The zero-order chi connectivity index (χ0) is 19.9. The summed E-state index contributed by atoms with van der Waals surface area (Å²) >= 11 is 0. The van der Waals surface area contributed by atoms with Crippen LogP contribution in [0.25, 0.3) is 0 Å². The quantitative estimate of drug-likeness (QED) is 0.743. The molecule has 1 aromatic carbocycles. The van der Waals surface area contributed by atoms with E-state index in [2.05, 4.69) is 49.8 Å². The van der Waals surface area contributed by atoms with Crippen LogP contribution in [-0.4, -0.2) is 56.0 Å². The lowest BCUT2D eigenvalue weighted by Crippen LogP contribution is -2.36. The molecule has 4 rings (SSSR count). The summed E-state index contributed by atoms with van der Waals surface area (Å²) in [5.41, 5.74) is 2.18. The molecule has 0 spiro atoms. The van der Waals surface area contributed by atoms with Crippen LogP contribution in [-0.2, 0) is 4.74 Å². The van der Waals surface area contributed by atoms with E-state index in [1.165, 1.54) is 31.4 Å². The van der Waals surface area contributed by atoms with Gasteiger partial charge in [0, 0.05) is 42.8 Å². The second-order valence-electron chi connectivity index (χ2n) is 7.81. The summed E-state index contributed by atoms with van der Waals surface area (Å²) in [6, 6.07) is 10.8. The second-order valence-corrected chi connectivity index (χ2v) is 7.81. The van der Waals surface area contributed by atoms with E-state index in [0.717, 1.165) is 38.6 Å². The highest BCUT2D eigenvalue weighted by molar-refractivity contribution is 5.59. The number of morpholine rings is 1. The van der Waals surface area contributed by atoms with Gasteiger partial charge in [-0.05, 0) is 62.9 Å². The molecule has 2 aliphatic rings. The molecule has 0 amide bonds. The molecule has 2 aromatic rings. The van der Waals surface area contributed by atoms with Gasteiger partial charge in [0.05, 0.1) is 19.8 Å². The number of nitrogens with one attached hydrogen (secondary N) is 2. The van der Waals surface area contributed by atoms with Gasteiger partial charge in [-0.2, -0.15) is 4.98 Å². The summed E-state index contributed by atoms with van der Waals surface area (Å²) in [4.78, 5) is 11.2. The van der Waals surface area contributed by atoms with Crippen molar-refractivity contribution in [2.24, 2.45) is 5.92 Å². The SMILES string of the molecule is CN[C@H]1CC[C@H](COc2ccnc(Nc3ccc(N4CCOCC4)cc3)n2)CC1.